The Bertz CT molecular complexity index is 947. The fourth-order valence-corrected chi connectivity index (χ4v) is 3.79. The Labute approximate surface area is 170 Å². The Morgan fingerprint density at radius 3 is 2.41 bits per heavy atom. The molecule has 29 heavy (non-hydrogen) atoms. The maximum Gasteiger partial charge on any atom is 0.247 e. The minimum absolute atomic E-state index is 0.0593. The van der Waals surface area contributed by atoms with Crippen LogP contribution in [-0.2, 0) is 10.2 Å². The van der Waals surface area contributed by atoms with Crippen molar-refractivity contribution in [3.8, 4) is 23.0 Å². The minimum Gasteiger partial charge on any atom is -0.493 e. The van der Waals surface area contributed by atoms with E-state index in [0.717, 1.165) is 18.4 Å². The third kappa shape index (κ3) is 3.85. The molecule has 4 rings (SSSR count). The van der Waals surface area contributed by atoms with E-state index in [1.54, 1.807) is 7.11 Å². The lowest BCUT2D eigenvalue weighted by Gasteiger charge is -2.34. The van der Waals surface area contributed by atoms with Gasteiger partial charge in [-0.1, -0.05) is 30.3 Å². The van der Waals surface area contributed by atoms with Crippen molar-refractivity contribution in [2.75, 3.05) is 20.3 Å². The highest BCUT2D eigenvalue weighted by Gasteiger charge is 2.41. The second kappa shape index (κ2) is 8.25. The van der Waals surface area contributed by atoms with Gasteiger partial charge >= 0.3 is 0 Å². The molecule has 0 atom stereocenters. The summed E-state index contributed by atoms with van der Waals surface area (Å²) in [7, 11) is 1.62. The molecule has 0 amide bonds. The number of benzene rings is 2. The van der Waals surface area contributed by atoms with Crippen molar-refractivity contribution in [2.24, 2.45) is 0 Å². The molecule has 0 aliphatic carbocycles. The van der Waals surface area contributed by atoms with Crippen molar-refractivity contribution in [3.63, 3.8) is 0 Å². The normalized spacial score (nSPS) is 16.0. The topological polar surface area (TPSA) is 66.6 Å². The zero-order valence-corrected chi connectivity index (χ0v) is 17.1. The Morgan fingerprint density at radius 2 is 1.72 bits per heavy atom. The van der Waals surface area contributed by atoms with Crippen molar-refractivity contribution in [2.45, 2.75) is 38.2 Å². The van der Waals surface area contributed by atoms with E-state index in [-0.39, 0.29) is 11.5 Å². The van der Waals surface area contributed by atoms with Gasteiger partial charge in [0.1, 0.15) is 0 Å². The van der Waals surface area contributed by atoms with E-state index in [9.17, 15) is 0 Å². The van der Waals surface area contributed by atoms with Gasteiger partial charge in [-0.15, -0.1) is 10.2 Å². The van der Waals surface area contributed by atoms with Crippen molar-refractivity contribution in [1.82, 2.24) is 10.2 Å². The molecule has 6 nitrogen and oxygen atoms in total. The summed E-state index contributed by atoms with van der Waals surface area (Å²) >= 11 is 0. The highest BCUT2D eigenvalue weighted by atomic mass is 16.5. The summed E-state index contributed by atoms with van der Waals surface area (Å²) in [5.74, 6) is 2.43. The molecule has 0 spiro atoms. The molecule has 0 saturated carbocycles. The van der Waals surface area contributed by atoms with E-state index < -0.39 is 0 Å². The van der Waals surface area contributed by atoms with Gasteiger partial charge in [0.15, 0.2) is 11.5 Å². The van der Waals surface area contributed by atoms with Crippen LogP contribution in [-0.4, -0.2) is 36.6 Å². The lowest BCUT2D eigenvalue weighted by Crippen LogP contribution is -2.35. The van der Waals surface area contributed by atoms with E-state index in [1.165, 1.54) is 5.56 Å². The largest absolute Gasteiger partial charge is 0.493 e. The number of hydrogen-bond acceptors (Lipinski definition) is 6. The molecule has 1 aliphatic heterocycles. The molecule has 2 aromatic carbocycles. The van der Waals surface area contributed by atoms with Crippen LogP contribution in [0.2, 0.25) is 0 Å². The van der Waals surface area contributed by atoms with Crippen LogP contribution in [0.1, 0.15) is 38.1 Å². The SMILES string of the molecule is COc1cc(-c2nnc(C3(c4ccccc4)CCOCC3)o2)ccc1OC(C)C. The fourth-order valence-electron chi connectivity index (χ4n) is 3.79. The first kappa shape index (κ1) is 19.5. The zero-order chi connectivity index (χ0) is 20.3. The molecule has 1 saturated heterocycles. The first-order valence-electron chi connectivity index (χ1n) is 9.95. The van der Waals surface area contributed by atoms with Gasteiger partial charge in [0.25, 0.3) is 0 Å². The maximum atomic E-state index is 6.21. The van der Waals surface area contributed by atoms with Crippen LogP contribution in [0.5, 0.6) is 11.5 Å². The maximum absolute atomic E-state index is 6.21. The molecule has 0 radical (unpaired) electrons. The summed E-state index contributed by atoms with van der Waals surface area (Å²) in [6.45, 7) is 5.30. The van der Waals surface area contributed by atoms with Gasteiger partial charge in [-0.3, -0.25) is 0 Å². The van der Waals surface area contributed by atoms with Crippen LogP contribution in [0.3, 0.4) is 0 Å². The molecule has 6 heteroatoms. The number of methoxy groups -OCH3 is 1. The van der Waals surface area contributed by atoms with Crippen molar-refractivity contribution in [3.05, 3.63) is 60.0 Å². The van der Waals surface area contributed by atoms with Crippen LogP contribution >= 0.6 is 0 Å². The lowest BCUT2D eigenvalue weighted by atomic mass is 9.74. The molecule has 152 valence electrons. The number of nitrogens with zero attached hydrogens (tertiary/aromatic N) is 2. The van der Waals surface area contributed by atoms with Crippen molar-refractivity contribution in [1.29, 1.82) is 0 Å². The Hall–Kier alpha value is -2.86. The molecule has 0 bridgehead atoms. The van der Waals surface area contributed by atoms with Gasteiger partial charge in [0.05, 0.1) is 18.6 Å². The van der Waals surface area contributed by atoms with Crippen LogP contribution in [0.25, 0.3) is 11.5 Å². The molecule has 1 aliphatic rings. The Kier molecular flexibility index (Phi) is 5.53. The molecule has 0 N–H and O–H groups in total. The average Bonchev–Trinajstić information content (AvgIpc) is 3.25. The van der Waals surface area contributed by atoms with Gasteiger partial charge in [-0.05, 0) is 50.5 Å². The van der Waals surface area contributed by atoms with Crippen LogP contribution in [0.4, 0.5) is 0 Å². The van der Waals surface area contributed by atoms with Gasteiger partial charge in [-0.25, -0.2) is 0 Å². The number of aromatic nitrogens is 2. The zero-order valence-electron chi connectivity index (χ0n) is 17.1. The summed E-state index contributed by atoms with van der Waals surface area (Å²) in [4.78, 5) is 0. The highest BCUT2D eigenvalue weighted by molar-refractivity contribution is 5.59. The van der Waals surface area contributed by atoms with Gasteiger partial charge in [0.2, 0.25) is 11.8 Å². The molecule has 2 heterocycles. The second-order valence-electron chi connectivity index (χ2n) is 7.51. The van der Waals surface area contributed by atoms with Crippen molar-refractivity contribution >= 4 is 0 Å². The third-order valence-corrected chi connectivity index (χ3v) is 5.28. The molecule has 1 fully saturated rings. The van der Waals surface area contributed by atoms with Gasteiger partial charge in [0, 0.05) is 18.8 Å². The predicted octanol–water partition coefficient (Wildman–Crippen LogP) is 4.63. The molecular weight excluding hydrogens is 368 g/mol. The average molecular weight is 394 g/mol. The third-order valence-electron chi connectivity index (χ3n) is 5.28. The van der Waals surface area contributed by atoms with E-state index in [1.807, 2.05) is 50.2 Å². The fraction of sp³-hybridized carbons (Fsp3) is 0.391. The van der Waals surface area contributed by atoms with Crippen LogP contribution in [0.15, 0.2) is 52.9 Å². The smallest absolute Gasteiger partial charge is 0.247 e. The van der Waals surface area contributed by atoms with E-state index >= 15 is 0 Å². The monoisotopic (exact) mass is 394 g/mol. The predicted molar refractivity (Wildman–Crippen MR) is 109 cm³/mol. The molecular formula is C23H26N2O4. The number of rotatable bonds is 6. The van der Waals surface area contributed by atoms with Gasteiger partial charge in [-0.2, -0.15) is 0 Å². The molecule has 3 aromatic rings. The summed E-state index contributed by atoms with van der Waals surface area (Å²) in [6, 6.07) is 16.0. The second-order valence-corrected chi connectivity index (χ2v) is 7.51. The standard InChI is InChI=1S/C23H26N2O4/c1-16(2)28-19-10-9-17(15-20(19)26-3)21-24-25-22(29-21)23(11-13-27-14-12-23)18-7-5-4-6-8-18/h4-10,15-16H,11-14H2,1-3H3. The van der Waals surface area contributed by atoms with Gasteiger partial charge < -0.3 is 18.6 Å². The summed E-state index contributed by atoms with van der Waals surface area (Å²) in [5.41, 5.74) is 1.65. The number of hydrogen-bond donors (Lipinski definition) is 0. The highest BCUT2D eigenvalue weighted by Crippen LogP contribution is 2.41. The Balaban J connectivity index is 1.70. The molecule has 0 unspecified atom stereocenters. The minimum atomic E-state index is -0.324. The first-order chi connectivity index (χ1) is 14.1. The lowest BCUT2D eigenvalue weighted by molar-refractivity contribution is 0.0546. The van der Waals surface area contributed by atoms with E-state index in [2.05, 4.69) is 22.3 Å². The van der Waals surface area contributed by atoms with E-state index in [0.29, 0.717) is 36.5 Å². The first-order valence-corrected chi connectivity index (χ1v) is 9.95. The van der Waals surface area contributed by atoms with Crippen molar-refractivity contribution < 1.29 is 18.6 Å². The number of ether oxygens (including phenoxy) is 3. The summed E-state index contributed by atoms with van der Waals surface area (Å²) in [6.07, 6.45) is 1.68. The summed E-state index contributed by atoms with van der Waals surface area (Å²) < 4.78 is 23.1. The van der Waals surface area contributed by atoms with Crippen LogP contribution < -0.4 is 9.47 Å². The molecule has 1 aromatic heterocycles. The van der Waals surface area contributed by atoms with E-state index in [4.69, 9.17) is 18.6 Å². The summed E-state index contributed by atoms with van der Waals surface area (Å²) in [5, 5.41) is 8.79. The Morgan fingerprint density at radius 1 is 0.966 bits per heavy atom. The quantitative estimate of drug-likeness (QED) is 0.607. The van der Waals surface area contributed by atoms with Crippen LogP contribution in [0, 0.1) is 0 Å².